The number of nitro benzene ring substituents is 1. The molecule has 0 N–H and O–H groups in total. The number of hydrogen-bond acceptors (Lipinski definition) is 10. The standard InChI is InChI=1S/C28H27NO10/c1-27-10-8-17-26(33)39-21(15-9-11-37-14-15)13-28(17,2)23(27)22(30)20(12-18(27)25(32)36-3)38-24(31)16-6-4-5-7-19(16)29(34)35/h4-7,9,11-12,14,17-18,21,23H,8,10,13H2,1-3H3/t17-,18-,21-,23-,27-,28-/m0/s1. The van der Waals surface area contributed by atoms with Crippen LogP contribution in [0.5, 0.6) is 0 Å². The molecule has 11 heteroatoms. The quantitative estimate of drug-likeness (QED) is 0.233. The van der Waals surface area contributed by atoms with Crippen LogP contribution in [0.1, 0.15) is 55.1 Å². The lowest BCUT2D eigenvalue weighted by molar-refractivity contribution is -0.385. The van der Waals surface area contributed by atoms with Crippen LogP contribution in [0, 0.1) is 38.7 Å². The molecule has 1 saturated heterocycles. The van der Waals surface area contributed by atoms with Crippen molar-refractivity contribution in [2.45, 2.75) is 39.2 Å². The van der Waals surface area contributed by atoms with E-state index in [1.165, 1.54) is 43.9 Å². The Morgan fingerprint density at radius 3 is 2.54 bits per heavy atom. The zero-order valence-electron chi connectivity index (χ0n) is 21.6. The van der Waals surface area contributed by atoms with E-state index in [0.717, 1.165) is 6.07 Å². The van der Waals surface area contributed by atoms with Crippen LogP contribution in [-0.4, -0.2) is 35.7 Å². The highest BCUT2D eigenvalue weighted by molar-refractivity contribution is 6.04. The van der Waals surface area contributed by atoms with Crippen LogP contribution < -0.4 is 0 Å². The summed E-state index contributed by atoms with van der Waals surface area (Å²) in [7, 11) is 1.23. The highest BCUT2D eigenvalue weighted by atomic mass is 16.6. The lowest BCUT2D eigenvalue weighted by Crippen LogP contribution is -2.61. The van der Waals surface area contributed by atoms with E-state index in [9.17, 15) is 29.3 Å². The minimum absolute atomic E-state index is 0.272. The van der Waals surface area contributed by atoms with Crippen LogP contribution in [0.15, 0.2) is 59.1 Å². The van der Waals surface area contributed by atoms with E-state index in [-0.39, 0.29) is 12.0 Å². The second-order valence-electron chi connectivity index (χ2n) is 10.8. The largest absolute Gasteiger partial charge is 0.472 e. The van der Waals surface area contributed by atoms with Crippen molar-refractivity contribution < 1.29 is 42.7 Å². The van der Waals surface area contributed by atoms with Crippen LogP contribution in [-0.2, 0) is 28.6 Å². The minimum atomic E-state index is -1.11. The molecule has 3 aliphatic rings. The van der Waals surface area contributed by atoms with Crippen molar-refractivity contribution in [3.63, 3.8) is 0 Å². The molecule has 0 spiro atoms. The summed E-state index contributed by atoms with van der Waals surface area (Å²) < 4.78 is 21.5. The Labute approximate surface area is 223 Å². The number of furan rings is 1. The monoisotopic (exact) mass is 537 g/mol. The van der Waals surface area contributed by atoms with Crippen LogP contribution in [0.4, 0.5) is 5.69 Å². The molecule has 1 aromatic heterocycles. The Morgan fingerprint density at radius 2 is 1.87 bits per heavy atom. The molecule has 2 aromatic rings. The summed E-state index contributed by atoms with van der Waals surface area (Å²) >= 11 is 0. The number of carbonyl (C=O) groups excluding carboxylic acids is 4. The normalized spacial score (nSPS) is 31.7. The fraction of sp³-hybridized carbons (Fsp3) is 0.429. The summed E-state index contributed by atoms with van der Waals surface area (Å²) in [6, 6.07) is 6.90. The van der Waals surface area contributed by atoms with Crippen LogP contribution >= 0.6 is 0 Å². The van der Waals surface area contributed by atoms with Crippen molar-refractivity contribution >= 4 is 29.4 Å². The van der Waals surface area contributed by atoms with Gasteiger partial charge in [0.2, 0.25) is 5.78 Å². The number of carbonyl (C=O) groups is 4. The van der Waals surface area contributed by atoms with E-state index in [4.69, 9.17) is 18.6 Å². The van der Waals surface area contributed by atoms with Gasteiger partial charge in [0, 0.05) is 17.5 Å². The highest BCUT2D eigenvalue weighted by Gasteiger charge is 2.66. The molecule has 11 nitrogen and oxygen atoms in total. The first-order chi connectivity index (χ1) is 18.5. The molecule has 1 aliphatic heterocycles. The summed E-state index contributed by atoms with van der Waals surface area (Å²) in [5.41, 5.74) is -2.11. The number of esters is 3. The van der Waals surface area contributed by atoms with E-state index in [2.05, 4.69) is 0 Å². The van der Waals surface area contributed by atoms with Gasteiger partial charge in [-0.15, -0.1) is 0 Å². The third kappa shape index (κ3) is 4.12. The number of ether oxygens (including phenoxy) is 3. The first-order valence-corrected chi connectivity index (χ1v) is 12.5. The predicted molar refractivity (Wildman–Crippen MR) is 132 cm³/mol. The highest BCUT2D eigenvalue weighted by Crippen LogP contribution is 2.64. The number of para-hydroxylation sites is 1. The van der Waals surface area contributed by atoms with Gasteiger partial charge in [0.1, 0.15) is 11.7 Å². The first kappa shape index (κ1) is 26.3. The average Bonchev–Trinajstić information content (AvgIpc) is 3.44. The molecule has 204 valence electrons. The van der Waals surface area contributed by atoms with E-state index in [0.29, 0.717) is 18.4 Å². The number of cyclic esters (lactones) is 1. The number of nitro groups is 1. The van der Waals surface area contributed by atoms with Crippen molar-refractivity contribution in [2.75, 3.05) is 7.11 Å². The molecule has 0 bridgehead atoms. The second-order valence-corrected chi connectivity index (χ2v) is 10.8. The zero-order chi connectivity index (χ0) is 28.1. The van der Waals surface area contributed by atoms with Crippen LogP contribution in [0.25, 0.3) is 0 Å². The van der Waals surface area contributed by atoms with Crippen LogP contribution in [0.2, 0.25) is 0 Å². The maximum Gasteiger partial charge on any atom is 0.350 e. The molecule has 2 aliphatic carbocycles. The predicted octanol–water partition coefficient (Wildman–Crippen LogP) is 4.33. The Bertz CT molecular complexity index is 1390. The molecular formula is C28H27NO10. The Balaban J connectivity index is 1.58. The summed E-state index contributed by atoms with van der Waals surface area (Å²) in [4.78, 5) is 64.2. The number of fused-ring (bicyclic) bond motifs is 3. The number of ketones is 1. The van der Waals surface area contributed by atoms with Gasteiger partial charge < -0.3 is 18.6 Å². The molecule has 2 heterocycles. The van der Waals surface area contributed by atoms with Gasteiger partial charge in [0.25, 0.3) is 5.69 Å². The summed E-state index contributed by atoms with van der Waals surface area (Å²) in [6.45, 7) is 3.63. The number of rotatable bonds is 5. The maximum absolute atomic E-state index is 14.2. The lowest BCUT2D eigenvalue weighted by Gasteiger charge is -2.59. The van der Waals surface area contributed by atoms with Crippen LogP contribution in [0.3, 0.4) is 0 Å². The molecule has 6 atom stereocenters. The number of Topliss-reactive ketones (excluding diaryl/α,β-unsaturated/α-hetero) is 1. The zero-order valence-corrected chi connectivity index (χ0v) is 21.6. The lowest BCUT2D eigenvalue weighted by atomic mass is 9.44. The molecule has 5 rings (SSSR count). The molecule has 2 fully saturated rings. The molecule has 1 aromatic carbocycles. The third-order valence-corrected chi connectivity index (χ3v) is 8.68. The molecule has 1 saturated carbocycles. The Hall–Kier alpha value is -4.28. The topological polar surface area (TPSA) is 152 Å². The maximum atomic E-state index is 14.2. The molecule has 0 unspecified atom stereocenters. The number of nitrogens with zero attached hydrogens (tertiary/aromatic N) is 1. The second kappa shape index (κ2) is 9.48. The Morgan fingerprint density at radius 1 is 1.13 bits per heavy atom. The van der Waals surface area contributed by atoms with Gasteiger partial charge in [-0.1, -0.05) is 26.0 Å². The van der Waals surface area contributed by atoms with Gasteiger partial charge in [0.15, 0.2) is 5.76 Å². The molecule has 39 heavy (non-hydrogen) atoms. The average molecular weight is 538 g/mol. The SMILES string of the molecule is COC(=O)[C@@H]1C=C(OC(=O)c2ccccc2[N+](=O)[O-])C(=O)[C@H]2[C@@]1(C)CC[C@H]1C(=O)O[C@H](c3ccoc3)C[C@]21C. The number of allylic oxidation sites excluding steroid dienone is 1. The number of benzene rings is 1. The van der Waals surface area contributed by atoms with Crippen molar-refractivity contribution in [1.29, 1.82) is 0 Å². The summed E-state index contributed by atoms with van der Waals surface area (Å²) in [5, 5.41) is 11.5. The van der Waals surface area contributed by atoms with E-state index in [1.807, 2.05) is 13.8 Å². The molecule has 0 radical (unpaired) electrons. The minimum Gasteiger partial charge on any atom is -0.472 e. The van der Waals surface area contributed by atoms with Crippen molar-refractivity contribution in [1.82, 2.24) is 0 Å². The first-order valence-electron chi connectivity index (χ1n) is 12.5. The molecular weight excluding hydrogens is 510 g/mol. The fourth-order valence-electron chi connectivity index (χ4n) is 6.85. The van der Waals surface area contributed by atoms with Crippen molar-refractivity contribution in [2.24, 2.45) is 28.6 Å². The van der Waals surface area contributed by atoms with E-state index >= 15 is 0 Å². The van der Waals surface area contributed by atoms with Crippen molar-refractivity contribution in [3.8, 4) is 0 Å². The third-order valence-electron chi connectivity index (χ3n) is 8.68. The number of methoxy groups -OCH3 is 1. The summed E-state index contributed by atoms with van der Waals surface area (Å²) in [5.74, 6) is -5.67. The van der Waals surface area contributed by atoms with Gasteiger partial charge in [-0.3, -0.25) is 24.5 Å². The van der Waals surface area contributed by atoms with E-state index < -0.39 is 74.7 Å². The van der Waals surface area contributed by atoms with Gasteiger partial charge in [-0.25, -0.2) is 4.79 Å². The van der Waals surface area contributed by atoms with E-state index in [1.54, 1.807) is 6.07 Å². The van der Waals surface area contributed by atoms with Gasteiger partial charge in [0.05, 0.1) is 36.4 Å². The van der Waals surface area contributed by atoms with Gasteiger partial charge >= 0.3 is 17.9 Å². The Kier molecular flexibility index (Phi) is 6.40. The smallest absolute Gasteiger partial charge is 0.350 e. The fourth-order valence-corrected chi connectivity index (χ4v) is 6.85. The summed E-state index contributed by atoms with van der Waals surface area (Å²) in [6.07, 6.45) is 4.54. The van der Waals surface area contributed by atoms with Gasteiger partial charge in [-0.2, -0.15) is 0 Å². The van der Waals surface area contributed by atoms with Gasteiger partial charge in [-0.05, 0) is 48.3 Å². The number of hydrogen-bond donors (Lipinski definition) is 0. The molecule has 0 amide bonds. The van der Waals surface area contributed by atoms with Crippen molar-refractivity contribution in [3.05, 3.63) is 75.9 Å².